The molecule has 1 N–H and O–H groups in total. The van der Waals surface area contributed by atoms with Gasteiger partial charge in [-0.25, -0.2) is 0 Å². The number of nitrogens with one attached hydrogen (secondary N) is 1. The number of aromatic nitrogens is 1. The minimum absolute atomic E-state index is 0.00768. The number of ether oxygens (including phenoxy) is 1. The van der Waals surface area contributed by atoms with Gasteiger partial charge in [0.2, 0.25) is 0 Å². The number of hydrogen-bond donors (Lipinski definition) is 1. The number of methoxy groups -OCH3 is 1. The Morgan fingerprint density at radius 2 is 1.70 bits per heavy atom. The Morgan fingerprint density at radius 3 is 2.45 bits per heavy atom. The molecule has 1 amide bonds. The summed E-state index contributed by atoms with van der Waals surface area (Å²) in [6.07, 6.45) is -4.59. The van der Waals surface area contributed by atoms with Crippen LogP contribution in [-0.2, 0) is 12.7 Å². The maximum absolute atomic E-state index is 13.6. The molecule has 0 aliphatic carbocycles. The van der Waals surface area contributed by atoms with E-state index in [0.717, 1.165) is 17.0 Å². The standard InChI is InChI=1S/C25H19F3N2O3/c1-33-22-12-5-3-8-17(22)15-30(19-10-6-9-18(14-19)25(26,27)28)24(32)20-13-16-7-2-4-11-21(16)29-23(20)31/h2-14H,15H2,1H3,(H,29,31). The summed E-state index contributed by atoms with van der Waals surface area (Å²) < 4.78 is 45.4. The van der Waals surface area contributed by atoms with Crippen LogP contribution < -0.4 is 15.2 Å². The number of alkyl halides is 3. The summed E-state index contributed by atoms with van der Waals surface area (Å²) in [6.45, 7) is -0.101. The van der Waals surface area contributed by atoms with Crippen LogP contribution in [0.2, 0.25) is 0 Å². The molecule has 4 aromatic rings. The third kappa shape index (κ3) is 4.59. The van der Waals surface area contributed by atoms with Crippen molar-refractivity contribution in [2.75, 3.05) is 12.0 Å². The molecular formula is C25H19F3N2O3. The van der Waals surface area contributed by atoms with Gasteiger partial charge in [0.25, 0.3) is 11.5 Å². The molecule has 1 heterocycles. The Bertz CT molecular complexity index is 1380. The van der Waals surface area contributed by atoms with Gasteiger partial charge in [-0.15, -0.1) is 0 Å². The third-order valence-corrected chi connectivity index (χ3v) is 5.24. The van der Waals surface area contributed by atoms with E-state index >= 15 is 0 Å². The summed E-state index contributed by atoms with van der Waals surface area (Å²) in [5, 5.41) is 0.627. The lowest BCUT2D eigenvalue weighted by molar-refractivity contribution is -0.137. The average molecular weight is 452 g/mol. The highest BCUT2D eigenvalue weighted by atomic mass is 19.4. The van der Waals surface area contributed by atoms with Gasteiger partial charge in [-0.05, 0) is 41.8 Å². The van der Waals surface area contributed by atoms with Gasteiger partial charge in [0.05, 0.1) is 19.2 Å². The Hall–Kier alpha value is -4.07. The van der Waals surface area contributed by atoms with Crippen molar-refractivity contribution in [3.8, 4) is 5.75 Å². The third-order valence-electron chi connectivity index (χ3n) is 5.24. The highest BCUT2D eigenvalue weighted by Gasteiger charge is 2.32. The molecule has 0 saturated carbocycles. The normalized spacial score (nSPS) is 11.4. The van der Waals surface area contributed by atoms with Crippen LogP contribution >= 0.6 is 0 Å². The molecule has 0 atom stereocenters. The molecule has 168 valence electrons. The number of carbonyl (C=O) groups is 1. The molecule has 0 fully saturated rings. The Labute approximate surface area is 187 Å². The van der Waals surface area contributed by atoms with E-state index in [4.69, 9.17) is 4.74 Å². The average Bonchev–Trinajstić information content (AvgIpc) is 2.81. The molecule has 33 heavy (non-hydrogen) atoms. The molecular weight excluding hydrogens is 433 g/mol. The van der Waals surface area contributed by atoms with Gasteiger partial charge in [-0.2, -0.15) is 13.2 Å². The second kappa shape index (κ2) is 8.82. The van der Waals surface area contributed by atoms with Crippen LogP contribution in [0.25, 0.3) is 10.9 Å². The summed E-state index contributed by atoms with van der Waals surface area (Å²) in [5.74, 6) is -0.262. The lowest BCUT2D eigenvalue weighted by atomic mass is 10.1. The van der Waals surface area contributed by atoms with Crippen molar-refractivity contribution >= 4 is 22.5 Å². The SMILES string of the molecule is COc1ccccc1CN(C(=O)c1cc2ccccc2[nH]c1=O)c1cccc(C(F)(F)F)c1. The fraction of sp³-hybridized carbons (Fsp3) is 0.120. The first-order valence-corrected chi connectivity index (χ1v) is 10.0. The number of rotatable bonds is 5. The summed E-state index contributed by atoms with van der Waals surface area (Å²) in [6, 6.07) is 19.7. The summed E-state index contributed by atoms with van der Waals surface area (Å²) >= 11 is 0. The van der Waals surface area contributed by atoms with Crippen molar-refractivity contribution in [3.63, 3.8) is 0 Å². The number of nitrogens with zero attached hydrogens (tertiary/aromatic N) is 1. The zero-order valence-corrected chi connectivity index (χ0v) is 17.5. The summed E-state index contributed by atoms with van der Waals surface area (Å²) in [5.41, 5.74) is -0.576. The van der Waals surface area contributed by atoms with E-state index < -0.39 is 23.2 Å². The number of pyridine rings is 1. The number of amides is 1. The Balaban J connectivity index is 1.85. The van der Waals surface area contributed by atoms with Gasteiger partial charge >= 0.3 is 6.18 Å². The van der Waals surface area contributed by atoms with E-state index in [2.05, 4.69) is 4.98 Å². The van der Waals surface area contributed by atoms with Gasteiger partial charge < -0.3 is 14.6 Å². The Kier molecular flexibility index (Phi) is 5.91. The molecule has 4 rings (SSSR count). The topological polar surface area (TPSA) is 62.4 Å². The van der Waals surface area contributed by atoms with E-state index in [1.165, 1.54) is 25.3 Å². The number of fused-ring (bicyclic) bond motifs is 1. The molecule has 0 radical (unpaired) electrons. The highest BCUT2D eigenvalue weighted by Crippen LogP contribution is 2.33. The van der Waals surface area contributed by atoms with Crippen molar-refractivity contribution in [3.05, 3.63) is 106 Å². The van der Waals surface area contributed by atoms with E-state index in [1.807, 2.05) is 0 Å². The molecule has 0 aliphatic heterocycles. The monoisotopic (exact) mass is 452 g/mol. The van der Waals surface area contributed by atoms with Crippen LogP contribution in [0.15, 0.2) is 83.7 Å². The molecule has 0 aliphatic rings. The lowest BCUT2D eigenvalue weighted by Gasteiger charge is -2.24. The molecule has 5 nitrogen and oxygen atoms in total. The number of hydrogen-bond acceptors (Lipinski definition) is 3. The number of H-pyrrole nitrogens is 1. The molecule has 1 aromatic heterocycles. The van der Waals surface area contributed by atoms with Gasteiger partial charge in [-0.3, -0.25) is 9.59 Å². The molecule has 8 heteroatoms. The van der Waals surface area contributed by atoms with Gasteiger partial charge in [0.15, 0.2) is 0 Å². The maximum atomic E-state index is 13.6. The zero-order chi connectivity index (χ0) is 23.6. The van der Waals surface area contributed by atoms with Crippen LogP contribution in [-0.4, -0.2) is 18.0 Å². The van der Waals surface area contributed by atoms with Crippen LogP contribution in [0, 0.1) is 0 Å². The van der Waals surface area contributed by atoms with Crippen LogP contribution in [0.3, 0.4) is 0 Å². The molecule has 0 unspecified atom stereocenters. The number of anilines is 1. The maximum Gasteiger partial charge on any atom is 0.416 e. The zero-order valence-electron chi connectivity index (χ0n) is 17.5. The van der Waals surface area contributed by atoms with E-state index in [1.54, 1.807) is 48.5 Å². The number of benzene rings is 3. The number of aromatic amines is 1. The number of carbonyl (C=O) groups excluding carboxylic acids is 1. The summed E-state index contributed by atoms with van der Waals surface area (Å²) in [7, 11) is 1.46. The first kappa shape index (κ1) is 22.1. The van der Waals surface area contributed by atoms with Crippen molar-refractivity contribution in [1.82, 2.24) is 4.98 Å². The lowest BCUT2D eigenvalue weighted by Crippen LogP contribution is -2.34. The van der Waals surface area contributed by atoms with Crippen LogP contribution in [0.5, 0.6) is 5.75 Å². The van der Waals surface area contributed by atoms with Crippen molar-refractivity contribution in [1.29, 1.82) is 0 Å². The van der Waals surface area contributed by atoms with Crippen molar-refractivity contribution < 1.29 is 22.7 Å². The summed E-state index contributed by atoms with van der Waals surface area (Å²) in [4.78, 5) is 30.1. The quantitative estimate of drug-likeness (QED) is 0.441. The predicted molar refractivity (Wildman–Crippen MR) is 120 cm³/mol. The van der Waals surface area contributed by atoms with Gasteiger partial charge in [0, 0.05) is 16.8 Å². The van der Waals surface area contributed by atoms with E-state index in [0.29, 0.717) is 22.2 Å². The smallest absolute Gasteiger partial charge is 0.416 e. The second-order valence-corrected chi connectivity index (χ2v) is 7.35. The molecule has 0 saturated heterocycles. The first-order chi connectivity index (χ1) is 15.8. The van der Waals surface area contributed by atoms with E-state index in [9.17, 15) is 22.8 Å². The van der Waals surface area contributed by atoms with Crippen LogP contribution in [0.4, 0.5) is 18.9 Å². The Morgan fingerprint density at radius 1 is 0.970 bits per heavy atom. The minimum Gasteiger partial charge on any atom is -0.496 e. The minimum atomic E-state index is -4.59. The van der Waals surface area contributed by atoms with Gasteiger partial charge in [0.1, 0.15) is 11.3 Å². The first-order valence-electron chi connectivity index (χ1n) is 10.0. The fourth-order valence-corrected chi connectivity index (χ4v) is 3.59. The fourth-order valence-electron chi connectivity index (χ4n) is 3.59. The van der Waals surface area contributed by atoms with E-state index in [-0.39, 0.29) is 17.8 Å². The second-order valence-electron chi connectivity index (χ2n) is 7.35. The van der Waals surface area contributed by atoms with Crippen molar-refractivity contribution in [2.45, 2.75) is 12.7 Å². The highest BCUT2D eigenvalue weighted by molar-refractivity contribution is 6.07. The van der Waals surface area contributed by atoms with Crippen LogP contribution in [0.1, 0.15) is 21.5 Å². The molecule has 3 aromatic carbocycles. The molecule has 0 bridgehead atoms. The van der Waals surface area contributed by atoms with Crippen molar-refractivity contribution in [2.24, 2.45) is 0 Å². The predicted octanol–water partition coefficient (Wildman–Crippen LogP) is 5.40. The largest absolute Gasteiger partial charge is 0.496 e. The number of para-hydroxylation sites is 2. The van der Waals surface area contributed by atoms with Gasteiger partial charge in [-0.1, -0.05) is 42.5 Å². The molecule has 0 spiro atoms. The number of halogens is 3.